The highest BCUT2D eigenvalue weighted by Crippen LogP contribution is 2.47. The van der Waals surface area contributed by atoms with Gasteiger partial charge >= 0.3 is 6.01 Å². The lowest BCUT2D eigenvalue weighted by molar-refractivity contribution is -0.0856. The number of hydrogen-bond acceptors (Lipinski definition) is 8. The Hall–Kier alpha value is -2.49. The summed E-state index contributed by atoms with van der Waals surface area (Å²) in [6.07, 6.45) is 6.96. The first-order chi connectivity index (χ1) is 18.7. The van der Waals surface area contributed by atoms with Crippen molar-refractivity contribution in [2.45, 2.75) is 94.2 Å². The average molecular weight is 538 g/mol. The number of nitrogens with two attached hydrogens (primary N) is 1. The molecular weight excluding hydrogens is 497 g/mol. The van der Waals surface area contributed by atoms with Crippen molar-refractivity contribution in [2.24, 2.45) is 0 Å². The van der Waals surface area contributed by atoms with E-state index in [4.69, 9.17) is 25.2 Å². The van der Waals surface area contributed by atoms with E-state index in [9.17, 15) is 9.50 Å². The largest absolute Gasteiger partial charge is 0.461 e. The van der Waals surface area contributed by atoms with Crippen LogP contribution < -0.4 is 15.4 Å². The molecule has 9 heteroatoms. The lowest BCUT2D eigenvalue weighted by Crippen LogP contribution is -2.47. The van der Waals surface area contributed by atoms with Gasteiger partial charge in [-0.05, 0) is 81.7 Å². The third-order valence-electron chi connectivity index (χ3n) is 9.85. The highest BCUT2D eigenvalue weighted by Gasteiger charge is 2.50. The van der Waals surface area contributed by atoms with Gasteiger partial charge in [-0.25, -0.2) is 4.39 Å². The van der Waals surface area contributed by atoms with Crippen LogP contribution in [-0.4, -0.2) is 70.1 Å². The van der Waals surface area contributed by atoms with Crippen molar-refractivity contribution >= 4 is 11.5 Å². The second kappa shape index (κ2) is 9.28. The molecule has 1 unspecified atom stereocenters. The molecule has 5 aliphatic rings. The van der Waals surface area contributed by atoms with E-state index in [1.165, 1.54) is 11.1 Å². The van der Waals surface area contributed by atoms with E-state index in [1.54, 1.807) is 0 Å². The number of benzene rings is 1. The predicted octanol–water partition coefficient (Wildman–Crippen LogP) is 3.67. The number of halogens is 1. The minimum atomic E-state index is -0.805. The van der Waals surface area contributed by atoms with E-state index in [1.807, 2.05) is 13.0 Å². The quantitative estimate of drug-likeness (QED) is 0.571. The molecular formula is C30H40FN5O3. The number of aromatic nitrogens is 2. The summed E-state index contributed by atoms with van der Waals surface area (Å²) in [4.78, 5) is 14.3. The predicted molar refractivity (Wildman–Crippen MR) is 147 cm³/mol. The fourth-order valence-corrected chi connectivity index (χ4v) is 7.96. The molecule has 5 heterocycles. The number of rotatable bonds is 4. The monoisotopic (exact) mass is 537 g/mol. The zero-order chi connectivity index (χ0) is 26.8. The first kappa shape index (κ1) is 25.5. The van der Waals surface area contributed by atoms with Gasteiger partial charge in [0.2, 0.25) is 0 Å². The maximum absolute atomic E-state index is 14.4. The van der Waals surface area contributed by atoms with Gasteiger partial charge in [-0.1, -0.05) is 6.07 Å². The summed E-state index contributed by atoms with van der Waals surface area (Å²) >= 11 is 0. The number of ether oxygens (including phenoxy) is 2. The van der Waals surface area contributed by atoms with Gasteiger partial charge in [0.1, 0.15) is 18.6 Å². The van der Waals surface area contributed by atoms with E-state index in [-0.39, 0.29) is 5.54 Å². The molecule has 210 valence electrons. The third kappa shape index (κ3) is 4.46. The molecule has 3 saturated heterocycles. The Morgan fingerprint density at radius 1 is 1.18 bits per heavy atom. The fraction of sp³-hybridized carbons (Fsp3) is 0.667. The molecule has 4 aliphatic heterocycles. The summed E-state index contributed by atoms with van der Waals surface area (Å²) < 4.78 is 27.5. The molecule has 0 saturated carbocycles. The number of hydrogen-bond donors (Lipinski definition) is 2. The molecule has 4 atom stereocenters. The highest BCUT2D eigenvalue weighted by molar-refractivity contribution is 5.54. The van der Waals surface area contributed by atoms with Gasteiger partial charge in [0.05, 0.1) is 29.0 Å². The molecule has 3 N–H and O–H groups in total. The lowest BCUT2D eigenvalue weighted by Gasteiger charge is -2.44. The van der Waals surface area contributed by atoms with Gasteiger partial charge in [-0.3, -0.25) is 4.90 Å². The van der Waals surface area contributed by atoms with Crippen LogP contribution in [0.4, 0.5) is 15.9 Å². The van der Waals surface area contributed by atoms with Crippen molar-refractivity contribution in [1.29, 1.82) is 0 Å². The molecule has 0 bridgehead atoms. The number of piperidine rings is 1. The summed E-state index contributed by atoms with van der Waals surface area (Å²) in [5.74, 6) is 0.795. The Balaban J connectivity index is 1.25. The summed E-state index contributed by atoms with van der Waals surface area (Å²) in [7, 11) is 0. The van der Waals surface area contributed by atoms with E-state index >= 15 is 0 Å². The van der Waals surface area contributed by atoms with E-state index in [2.05, 4.69) is 21.9 Å². The van der Waals surface area contributed by atoms with Crippen LogP contribution >= 0.6 is 0 Å². The summed E-state index contributed by atoms with van der Waals surface area (Å²) in [6.45, 7) is 5.41. The highest BCUT2D eigenvalue weighted by atomic mass is 19.1. The van der Waals surface area contributed by atoms with Crippen LogP contribution in [-0.2, 0) is 29.8 Å². The topological polar surface area (TPSA) is 97.0 Å². The first-order valence-electron chi connectivity index (χ1n) is 14.7. The Bertz CT molecular complexity index is 1270. The second-order valence-corrected chi connectivity index (χ2v) is 12.9. The van der Waals surface area contributed by atoms with Crippen LogP contribution in [0, 0.1) is 0 Å². The zero-order valence-corrected chi connectivity index (χ0v) is 22.9. The van der Waals surface area contributed by atoms with Gasteiger partial charge in [0.15, 0.2) is 0 Å². The lowest BCUT2D eigenvalue weighted by atomic mass is 9.74. The summed E-state index contributed by atoms with van der Waals surface area (Å²) in [6, 6.07) is 6.52. The molecule has 0 amide bonds. The molecule has 1 aliphatic carbocycles. The molecule has 2 aromatic rings. The SMILES string of the molecule is C[C@@]1(O)CCCN(c2nc(OC[C@@]34CCCN3C[C@H](F)C4)nc3c2COC2(CCCc4ccc(N)cc42)C3)C1. The van der Waals surface area contributed by atoms with Crippen LogP contribution in [0.2, 0.25) is 0 Å². The molecule has 1 aromatic heterocycles. The summed E-state index contributed by atoms with van der Waals surface area (Å²) in [5.41, 5.74) is 9.83. The molecule has 39 heavy (non-hydrogen) atoms. The van der Waals surface area contributed by atoms with Crippen LogP contribution in [0.3, 0.4) is 0 Å². The van der Waals surface area contributed by atoms with Crippen molar-refractivity contribution in [3.8, 4) is 6.01 Å². The number of anilines is 2. The van der Waals surface area contributed by atoms with Crippen LogP contribution in [0.15, 0.2) is 18.2 Å². The maximum atomic E-state index is 14.4. The van der Waals surface area contributed by atoms with Gasteiger partial charge in [0, 0.05) is 43.7 Å². The number of β-amino-alcohol motifs (C(OH)–C–C–N with tert-alkyl or cyclic N) is 1. The number of fused-ring (bicyclic) bond motifs is 4. The third-order valence-corrected chi connectivity index (χ3v) is 9.85. The fourth-order valence-electron chi connectivity index (χ4n) is 7.96. The Morgan fingerprint density at radius 3 is 2.92 bits per heavy atom. The minimum Gasteiger partial charge on any atom is -0.461 e. The van der Waals surface area contributed by atoms with Crippen LogP contribution in [0.5, 0.6) is 6.01 Å². The maximum Gasteiger partial charge on any atom is 0.318 e. The second-order valence-electron chi connectivity index (χ2n) is 12.9. The van der Waals surface area contributed by atoms with Crippen LogP contribution in [0.1, 0.15) is 74.3 Å². The van der Waals surface area contributed by atoms with Crippen molar-refractivity contribution in [3.63, 3.8) is 0 Å². The number of nitrogen functional groups attached to an aromatic ring is 1. The van der Waals surface area contributed by atoms with Gasteiger partial charge in [-0.2, -0.15) is 9.97 Å². The van der Waals surface area contributed by atoms with Gasteiger partial charge in [0.25, 0.3) is 0 Å². The molecule has 1 spiro atoms. The molecule has 3 fully saturated rings. The molecule has 1 aromatic carbocycles. The number of aryl methyl sites for hydroxylation is 1. The van der Waals surface area contributed by atoms with Crippen molar-refractivity contribution in [2.75, 3.05) is 43.4 Å². The normalized spacial score (nSPS) is 34.1. The standard InChI is InChI=1S/C30H40FN5O3/c1-28(37)8-3-11-35(18-28)26-23-17-39-30(10-2-5-20-6-7-22(32)13-24(20)30)15-25(23)33-27(34-26)38-19-29-9-4-12-36(29)16-21(31)14-29/h6-7,13,21,37H,2-5,8-12,14-19,32H2,1H3/t21-,28-,29+,30?/m1/s1. The Kier molecular flexibility index (Phi) is 6.06. The number of nitrogens with zero attached hydrogens (tertiary/aromatic N) is 4. The Labute approximate surface area is 229 Å². The van der Waals surface area contributed by atoms with E-state index < -0.39 is 17.4 Å². The molecule has 7 rings (SSSR count). The Morgan fingerprint density at radius 2 is 2.05 bits per heavy atom. The smallest absolute Gasteiger partial charge is 0.318 e. The summed E-state index contributed by atoms with van der Waals surface area (Å²) in [5, 5.41) is 10.9. The van der Waals surface area contributed by atoms with E-state index in [0.717, 1.165) is 80.8 Å². The van der Waals surface area contributed by atoms with Crippen molar-refractivity contribution in [3.05, 3.63) is 40.6 Å². The molecule has 0 radical (unpaired) electrons. The minimum absolute atomic E-state index is 0.266. The number of alkyl halides is 1. The van der Waals surface area contributed by atoms with E-state index in [0.29, 0.717) is 45.2 Å². The van der Waals surface area contributed by atoms with Crippen LogP contribution in [0.25, 0.3) is 0 Å². The zero-order valence-electron chi connectivity index (χ0n) is 22.9. The number of aliphatic hydroxyl groups is 1. The first-order valence-corrected chi connectivity index (χ1v) is 14.7. The van der Waals surface area contributed by atoms with Crippen molar-refractivity contribution in [1.82, 2.24) is 14.9 Å². The van der Waals surface area contributed by atoms with Gasteiger partial charge < -0.3 is 25.2 Å². The van der Waals surface area contributed by atoms with Crippen molar-refractivity contribution < 1.29 is 19.0 Å². The van der Waals surface area contributed by atoms with Gasteiger partial charge in [-0.15, -0.1) is 0 Å². The molecule has 8 nitrogen and oxygen atoms in total. The average Bonchev–Trinajstić information content (AvgIpc) is 3.42.